The number of anilines is 1. The van der Waals surface area contributed by atoms with Crippen LogP contribution in [0.5, 0.6) is 0 Å². The van der Waals surface area contributed by atoms with Crippen molar-refractivity contribution in [1.29, 1.82) is 0 Å². The van der Waals surface area contributed by atoms with E-state index in [-0.39, 0.29) is 12.4 Å². The van der Waals surface area contributed by atoms with Crippen molar-refractivity contribution in [2.24, 2.45) is 0 Å². The summed E-state index contributed by atoms with van der Waals surface area (Å²) in [6, 6.07) is 2.26. The lowest BCUT2D eigenvalue weighted by atomic mass is 10.2. The van der Waals surface area contributed by atoms with Crippen LogP contribution in [-0.2, 0) is 15.7 Å². The van der Waals surface area contributed by atoms with Gasteiger partial charge in [-0.2, -0.15) is 13.2 Å². The average Bonchev–Trinajstić information content (AvgIpc) is 2.76. The van der Waals surface area contributed by atoms with Crippen molar-refractivity contribution in [3.05, 3.63) is 23.9 Å². The van der Waals surface area contributed by atoms with Crippen molar-refractivity contribution in [3.63, 3.8) is 0 Å². The first-order valence-electron chi connectivity index (χ1n) is 5.95. The molecule has 1 aliphatic rings. The number of ether oxygens (including phenoxy) is 2. The highest BCUT2D eigenvalue weighted by molar-refractivity contribution is 5.45. The Kier molecular flexibility index (Phi) is 3.96. The Morgan fingerprint density at radius 1 is 1.37 bits per heavy atom. The summed E-state index contributed by atoms with van der Waals surface area (Å²) in [5, 5.41) is 2.68. The zero-order chi connectivity index (χ0) is 13.9. The minimum atomic E-state index is -4.42. The van der Waals surface area contributed by atoms with Crippen molar-refractivity contribution in [2.45, 2.75) is 25.3 Å². The van der Waals surface area contributed by atoms with Gasteiger partial charge in [0.15, 0.2) is 5.79 Å². The fourth-order valence-corrected chi connectivity index (χ4v) is 1.88. The molecule has 0 spiro atoms. The Balaban J connectivity index is 1.96. The average molecular weight is 276 g/mol. The highest BCUT2D eigenvalue weighted by atomic mass is 19.4. The maximum Gasteiger partial charge on any atom is 0.419 e. The first kappa shape index (κ1) is 14.1. The lowest BCUT2D eigenvalue weighted by molar-refractivity contribution is -0.144. The van der Waals surface area contributed by atoms with Crippen LogP contribution in [0.15, 0.2) is 18.3 Å². The minimum absolute atomic E-state index is 0.170. The van der Waals surface area contributed by atoms with E-state index in [1.807, 2.05) is 0 Å². The van der Waals surface area contributed by atoms with E-state index in [4.69, 9.17) is 9.47 Å². The number of rotatable bonds is 4. The van der Waals surface area contributed by atoms with E-state index in [1.54, 1.807) is 6.92 Å². The Labute approximate surface area is 108 Å². The lowest BCUT2D eigenvalue weighted by Gasteiger charge is -2.22. The predicted molar refractivity (Wildman–Crippen MR) is 62.7 cm³/mol. The topological polar surface area (TPSA) is 43.4 Å². The second-order valence-corrected chi connectivity index (χ2v) is 4.40. The van der Waals surface area contributed by atoms with E-state index in [9.17, 15) is 13.2 Å². The van der Waals surface area contributed by atoms with Crippen LogP contribution in [0.1, 0.15) is 18.9 Å². The van der Waals surface area contributed by atoms with E-state index in [0.717, 1.165) is 6.07 Å². The van der Waals surface area contributed by atoms with Gasteiger partial charge in [-0.05, 0) is 19.1 Å². The number of alkyl halides is 3. The van der Waals surface area contributed by atoms with Gasteiger partial charge in [-0.3, -0.25) is 0 Å². The van der Waals surface area contributed by atoms with Crippen LogP contribution in [-0.4, -0.2) is 30.5 Å². The smallest absolute Gasteiger partial charge is 0.369 e. The summed E-state index contributed by atoms with van der Waals surface area (Å²) in [7, 11) is 0. The molecule has 1 saturated heterocycles. The number of hydrogen-bond donors (Lipinski definition) is 1. The van der Waals surface area contributed by atoms with E-state index in [0.29, 0.717) is 19.6 Å². The van der Waals surface area contributed by atoms with Gasteiger partial charge in [0.25, 0.3) is 0 Å². The Morgan fingerprint density at radius 2 is 2.05 bits per heavy atom. The monoisotopic (exact) mass is 276 g/mol. The summed E-state index contributed by atoms with van der Waals surface area (Å²) in [4.78, 5) is 3.72. The summed E-state index contributed by atoms with van der Waals surface area (Å²) in [6.07, 6.45) is -2.65. The number of halogens is 3. The molecule has 0 radical (unpaired) electrons. The van der Waals surface area contributed by atoms with Crippen LogP contribution >= 0.6 is 0 Å². The highest BCUT2D eigenvalue weighted by Crippen LogP contribution is 2.33. The van der Waals surface area contributed by atoms with E-state index < -0.39 is 17.5 Å². The number of aromatic nitrogens is 1. The quantitative estimate of drug-likeness (QED) is 0.918. The maximum atomic E-state index is 12.7. The fourth-order valence-electron chi connectivity index (χ4n) is 1.88. The number of nitrogens with zero attached hydrogens (tertiary/aromatic N) is 1. The molecule has 7 heteroatoms. The van der Waals surface area contributed by atoms with Gasteiger partial charge >= 0.3 is 6.18 Å². The maximum absolute atomic E-state index is 12.7. The second kappa shape index (κ2) is 5.34. The van der Waals surface area contributed by atoms with E-state index in [1.165, 1.54) is 12.3 Å². The first-order valence-corrected chi connectivity index (χ1v) is 5.95. The third-order valence-electron chi connectivity index (χ3n) is 2.88. The minimum Gasteiger partial charge on any atom is -0.369 e. The van der Waals surface area contributed by atoms with Crippen LogP contribution in [0, 0.1) is 0 Å². The van der Waals surface area contributed by atoms with Crippen molar-refractivity contribution >= 4 is 5.82 Å². The molecule has 2 rings (SSSR count). The summed E-state index contributed by atoms with van der Waals surface area (Å²) in [6.45, 7) is 3.07. The van der Waals surface area contributed by atoms with Gasteiger partial charge < -0.3 is 14.8 Å². The normalized spacial score (nSPS) is 18.5. The molecule has 0 unspecified atom stereocenters. The van der Waals surface area contributed by atoms with Crippen molar-refractivity contribution in [3.8, 4) is 0 Å². The second-order valence-electron chi connectivity index (χ2n) is 4.40. The van der Waals surface area contributed by atoms with Crippen molar-refractivity contribution < 1.29 is 22.6 Å². The zero-order valence-electron chi connectivity index (χ0n) is 10.5. The molecule has 1 aliphatic heterocycles. The largest absolute Gasteiger partial charge is 0.419 e. The Bertz CT molecular complexity index is 431. The molecule has 0 aliphatic carbocycles. The lowest BCUT2D eigenvalue weighted by Crippen LogP contribution is -2.29. The Hall–Kier alpha value is -1.34. The molecule has 1 aromatic rings. The van der Waals surface area contributed by atoms with Gasteiger partial charge in [-0.1, -0.05) is 0 Å². The van der Waals surface area contributed by atoms with Gasteiger partial charge in [0.2, 0.25) is 0 Å². The molecule has 1 fully saturated rings. The van der Waals surface area contributed by atoms with E-state index in [2.05, 4.69) is 10.3 Å². The van der Waals surface area contributed by atoms with Crippen molar-refractivity contribution in [2.75, 3.05) is 25.1 Å². The summed E-state index contributed by atoms with van der Waals surface area (Å²) < 4.78 is 48.9. The van der Waals surface area contributed by atoms with Gasteiger partial charge in [0, 0.05) is 19.2 Å². The zero-order valence-corrected chi connectivity index (χ0v) is 10.5. The van der Waals surface area contributed by atoms with Crippen LogP contribution in [0.3, 0.4) is 0 Å². The molecule has 0 amide bonds. The molecule has 1 N–H and O–H groups in total. The van der Waals surface area contributed by atoms with Gasteiger partial charge in [0.1, 0.15) is 5.82 Å². The van der Waals surface area contributed by atoms with Gasteiger partial charge in [-0.25, -0.2) is 4.98 Å². The SMILES string of the molecule is CC1(CCNc2ncccc2C(F)(F)F)OCCO1. The molecule has 0 saturated carbocycles. The predicted octanol–water partition coefficient (Wildman–Crippen LogP) is 2.67. The van der Waals surface area contributed by atoms with E-state index >= 15 is 0 Å². The molecule has 0 atom stereocenters. The van der Waals surface area contributed by atoms with Crippen LogP contribution in [0.25, 0.3) is 0 Å². The molecule has 106 valence electrons. The number of nitrogens with one attached hydrogen (secondary N) is 1. The summed E-state index contributed by atoms with van der Waals surface area (Å²) in [5.41, 5.74) is -0.770. The molecule has 2 heterocycles. The van der Waals surface area contributed by atoms with Crippen LogP contribution < -0.4 is 5.32 Å². The number of hydrogen-bond acceptors (Lipinski definition) is 4. The molecule has 0 bridgehead atoms. The fraction of sp³-hybridized carbons (Fsp3) is 0.583. The molecular weight excluding hydrogens is 261 g/mol. The standard InChI is InChI=1S/C12H15F3N2O2/c1-11(18-7-8-19-11)4-6-17-10-9(12(13,14)15)3-2-5-16-10/h2-3,5H,4,6-8H2,1H3,(H,16,17). The third kappa shape index (κ3) is 3.57. The first-order chi connectivity index (χ1) is 8.91. The Morgan fingerprint density at radius 3 is 2.68 bits per heavy atom. The highest BCUT2D eigenvalue weighted by Gasteiger charge is 2.34. The molecule has 4 nitrogen and oxygen atoms in total. The summed E-state index contributed by atoms with van der Waals surface area (Å²) >= 11 is 0. The molecule has 19 heavy (non-hydrogen) atoms. The molecular formula is C12H15F3N2O2. The number of pyridine rings is 1. The van der Waals surface area contributed by atoms with Crippen LogP contribution in [0.2, 0.25) is 0 Å². The molecule has 1 aromatic heterocycles. The molecule has 0 aromatic carbocycles. The third-order valence-corrected chi connectivity index (χ3v) is 2.88. The van der Waals surface area contributed by atoms with Gasteiger partial charge in [0.05, 0.1) is 18.8 Å². The van der Waals surface area contributed by atoms with Gasteiger partial charge in [-0.15, -0.1) is 0 Å². The summed E-state index contributed by atoms with van der Waals surface area (Å²) in [5.74, 6) is -0.892. The van der Waals surface area contributed by atoms with Crippen LogP contribution in [0.4, 0.5) is 19.0 Å². The van der Waals surface area contributed by atoms with Crippen molar-refractivity contribution in [1.82, 2.24) is 4.98 Å².